The maximum atomic E-state index is 10.5. The summed E-state index contributed by atoms with van der Waals surface area (Å²) in [5.41, 5.74) is 0. The number of rotatable bonds is 3. The highest BCUT2D eigenvalue weighted by atomic mass is 79.9. The quantitative estimate of drug-likeness (QED) is 0.619. The first-order chi connectivity index (χ1) is 6.66. The molecule has 14 heavy (non-hydrogen) atoms. The number of nitro groups is 1. The minimum Gasteiger partial charge on any atom is -0.358 e. The molecule has 6 heteroatoms. The van der Waals surface area contributed by atoms with Crippen LogP contribution in [0.5, 0.6) is 0 Å². The molecule has 1 fully saturated rings. The Balaban J connectivity index is 2.10. The van der Waals surface area contributed by atoms with Crippen molar-refractivity contribution in [3.05, 3.63) is 20.8 Å². The van der Waals surface area contributed by atoms with Crippen molar-refractivity contribution < 1.29 is 4.92 Å². The molecule has 1 aliphatic rings. The van der Waals surface area contributed by atoms with Crippen molar-refractivity contribution in [3.8, 4) is 0 Å². The van der Waals surface area contributed by atoms with Crippen LogP contribution in [0, 0.1) is 16.0 Å². The Labute approximate surface area is 89.4 Å². The van der Waals surface area contributed by atoms with Gasteiger partial charge in [0.1, 0.15) is 4.47 Å². The molecule has 2 rings (SSSR count). The minimum atomic E-state index is -0.471. The highest BCUT2D eigenvalue weighted by Gasteiger charge is 2.23. The summed E-state index contributed by atoms with van der Waals surface area (Å²) in [4.78, 5) is 10.0. The zero-order chi connectivity index (χ0) is 10.1. The molecule has 76 valence electrons. The van der Waals surface area contributed by atoms with Gasteiger partial charge < -0.3 is 10.1 Å². The summed E-state index contributed by atoms with van der Waals surface area (Å²) < 4.78 is 2.12. The second kappa shape index (κ2) is 3.68. The topological polar surface area (TPSA) is 61.0 Å². The first kappa shape index (κ1) is 9.64. The molecule has 0 radical (unpaired) electrons. The Morgan fingerprint density at radius 3 is 2.86 bits per heavy atom. The van der Waals surface area contributed by atoms with Crippen LogP contribution in [0.2, 0.25) is 0 Å². The fourth-order valence-corrected chi connectivity index (χ4v) is 2.00. The van der Waals surface area contributed by atoms with Gasteiger partial charge in [-0.1, -0.05) is 6.42 Å². The molecule has 0 bridgehead atoms. The van der Waals surface area contributed by atoms with Gasteiger partial charge in [0.05, 0.1) is 17.8 Å². The van der Waals surface area contributed by atoms with Crippen LogP contribution in [0.1, 0.15) is 19.3 Å². The van der Waals surface area contributed by atoms with E-state index in [1.165, 1.54) is 19.3 Å². The zero-order valence-electron chi connectivity index (χ0n) is 7.52. The summed E-state index contributed by atoms with van der Waals surface area (Å²) in [6, 6.07) is 0. The number of hydrogen-bond donors (Lipinski definition) is 0. The number of aromatic nitrogens is 2. The van der Waals surface area contributed by atoms with Crippen molar-refractivity contribution in [2.75, 3.05) is 0 Å². The van der Waals surface area contributed by atoms with Crippen LogP contribution in [0.3, 0.4) is 0 Å². The Bertz CT molecular complexity index is 359. The van der Waals surface area contributed by atoms with E-state index in [9.17, 15) is 10.1 Å². The molecule has 1 aromatic rings. The Morgan fingerprint density at radius 1 is 1.71 bits per heavy atom. The van der Waals surface area contributed by atoms with Crippen LogP contribution in [-0.2, 0) is 6.54 Å². The van der Waals surface area contributed by atoms with Crippen LogP contribution < -0.4 is 0 Å². The van der Waals surface area contributed by atoms with Gasteiger partial charge in [-0.3, -0.25) is 0 Å². The summed E-state index contributed by atoms with van der Waals surface area (Å²) in [6.45, 7) is 0.798. The molecular formula is C8H10BrN3O2. The van der Waals surface area contributed by atoms with Crippen LogP contribution in [0.15, 0.2) is 10.7 Å². The average molecular weight is 260 g/mol. The summed E-state index contributed by atoms with van der Waals surface area (Å²) in [7, 11) is 0. The van der Waals surface area contributed by atoms with Crippen molar-refractivity contribution in [3.63, 3.8) is 0 Å². The molecule has 1 heterocycles. The lowest BCUT2D eigenvalue weighted by Crippen LogP contribution is -2.18. The molecule has 0 N–H and O–H groups in total. The predicted octanol–water partition coefficient (Wildman–Crippen LogP) is 2.35. The largest absolute Gasteiger partial charge is 0.404 e. The fourth-order valence-electron chi connectivity index (χ4n) is 1.54. The molecule has 1 saturated carbocycles. The summed E-state index contributed by atoms with van der Waals surface area (Å²) in [5.74, 6) is 0.561. The minimum absolute atomic E-state index is 0.0932. The SMILES string of the molecule is O=[N+]([O-])c1nn(CC2CCC2)cc1Br. The maximum absolute atomic E-state index is 10.5. The molecule has 0 spiro atoms. The summed E-state index contributed by atoms with van der Waals surface area (Å²) in [5, 5.41) is 14.4. The van der Waals surface area contributed by atoms with E-state index in [0.29, 0.717) is 10.4 Å². The second-order valence-corrected chi connectivity index (χ2v) is 4.43. The average Bonchev–Trinajstić information content (AvgIpc) is 2.39. The van der Waals surface area contributed by atoms with Crippen LogP contribution >= 0.6 is 15.9 Å². The van der Waals surface area contributed by atoms with E-state index in [1.54, 1.807) is 10.9 Å². The van der Waals surface area contributed by atoms with Crippen molar-refractivity contribution >= 4 is 21.7 Å². The lowest BCUT2D eigenvalue weighted by atomic mass is 9.85. The van der Waals surface area contributed by atoms with Gasteiger partial charge in [-0.2, -0.15) is 4.68 Å². The number of hydrogen-bond acceptors (Lipinski definition) is 3. The van der Waals surface area contributed by atoms with E-state index in [2.05, 4.69) is 21.0 Å². The molecule has 0 aliphatic heterocycles. The third-order valence-corrected chi connectivity index (χ3v) is 3.10. The second-order valence-electron chi connectivity index (χ2n) is 3.58. The summed E-state index contributed by atoms with van der Waals surface area (Å²) in [6.07, 6.45) is 5.38. The van der Waals surface area contributed by atoms with Crippen LogP contribution in [0.25, 0.3) is 0 Å². The van der Waals surface area contributed by atoms with Gasteiger partial charge in [0, 0.05) is 0 Å². The van der Waals surface area contributed by atoms with E-state index in [-0.39, 0.29) is 5.82 Å². The van der Waals surface area contributed by atoms with Gasteiger partial charge in [0.2, 0.25) is 0 Å². The monoisotopic (exact) mass is 259 g/mol. The molecule has 1 aromatic heterocycles. The smallest absolute Gasteiger partial charge is 0.358 e. The van der Waals surface area contributed by atoms with E-state index in [0.717, 1.165) is 6.54 Å². The van der Waals surface area contributed by atoms with E-state index in [4.69, 9.17) is 0 Å². The molecule has 1 aliphatic carbocycles. The van der Waals surface area contributed by atoms with E-state index < -0.39 is 4.92 Å². The van der Waals surface area contributed by atoms with Gasteiger partial charge >= 0.3 is 5.82 Å². The van der Waals surface area contributed by atoms with Crippen LogP contribution in [0.4, 0.5) is 5.82 Å². The maximum Gasteiger partial charge on any atom is 0.404 e. The first-order valence-electron chi connectivity index (χ1n) is 4.54. The Hall–Kier alpha value is -0.910. The van der Waals surface area contributed by atoms with Gasteiger partial charge in [-0.05, 0) is 39.6 Å². The van der Waals surface area contributed by atoms with Crippen molar-refractivity contribution in [2.45, 2.75) is 25.8 Å². The van der Waals surface area contributed by atoms with Gasteiger partial charge in [0.15, 0.2) is 0 Å². The Kier molecular flexibility index (Phi) is 2.54. The zero-order valence-corrected chi connectivity index (χ0v) is 9.11. The molecular weight excluding hydrogens is 250 g/mol. The lowest BCUT2D eigenvalue weighted by molar-refractivity contribution is -0.390. The molecule has 0 atom stereocenters. The van der Waals surface area contributed by atoms with E-state index in [1.807, 2.05) is 0 Å². The Morgan fingerprint density at radius 2 is 2.43 bits per heavy atom. The third-order valence-electron chi connectivity index (χ3n) is 2.54. The standard InChI is InChI=1S/C8H10BrN3O2/c9-7-5-11(4-6-2-1-3-6)10-8(7)12(13)14/h5-6H,1-4H2. The molecule has 5 nitrogen and oxygen atoms in total. The predicted molar refractivity (Wildman–Crippen MR) is 53.9 cm³/mol. The van der Waals surface area contributed by atoms with Gasteiger partial charge in [0.25, 0.3) is 0 Å². The van der Waals surface area contributed by atoms with Crippen molar-refractivity contribution in [1.29, 1.82) is 0 Å². The summed E-state index contributed by atoms with van der Waals surface area (Å²) >= 11 is 3.12. The third kappa shape index (κ3) is 1.79. The molecule has 0 amide bonds. The highest BCUT2D eigenvalue weighted by molar-refractivity contribution is 9.10. The van der Waals surface area contributed by atoms with E-state index >= 15 is 0 Å². The molecule has 0 saturated heterocycles. The fraction of sp³-hybridized carbons (Fsp3) is 0.625. The highest BCUT2D eigenvalue weighted by Crippen LogP contribution is 2.29. The normalized spacial score (nSPS) is 16.6. The molecule has 0 unspecified atom stereocenters. The first-order valence-corrected chi connectivity index (χ1v) is 5.33. The number of nitrogens with zero attached hydrogens (tertiary/aromatic N) is 3. The lowest BCUT2D eigenvalue weighted by Gasteiger charge is -2.23. The van der Waals surface area contributed by atoms with Gasteiger partial charge in [-0.25, -0.2) is 0 Å². The van der Waals surface area contributed by atoms with Crippen molar-refractivity contribution in [1.82, 2.24) is 9.78 Å². The van der Waals surface area contributed by atoms with Crippen LogP contribution in [-0.4, -0.2) is 14.7 Å². The molecule has 0 aromatic carbocycles. The van der Waals surface area contributed by atoms with Gasteiger partial charge in [-0.15, -0.1) is 0 Å². The number of halogens is 1. The van der Waals surface area contributed by atoms with Crippen molar-refractivity contribution in [2.24, 2.45) is 5.92 Å².